The zero-order valence-corrected chi connectivity index (χ0v) is 24.0. The zero-order valence-electron chi connectivity index (χ0n) is 20.9. The van der Waals surface area contributed by atoms with Crippen molar-refractivity contribution >= 4 is 62.3 Å². The van der Waals surface area contributed by atoms with Crippen LogP contribution in [0.4, 0.5) is 5.69 Å². The number of hydrogen-bond donors (Lipinski definition) is 1. The first-order chi connectivity index (χ1) is 18.0. The summed E-state index contributed by atoms with van der Waals surface area (Å²) in [4.78, 5) is 28.0. The topological polar surface area (TPSA) is 86.8 Å². The van der Waals surface area contributed by atoms with Crippen molar-refractivity contribution in [3.05, 3.63) is 93.4 Å². The van der Waals surface area contributed by atoms with E-state index in [0.717, 1.165) is 10.7 Å². The standard InChI is InChI=1S/C27H28Cl3N3O4S/c1-3-15-31-27(35)19(2)32(17-20-7-4-5-10-25(20)30)26(34)18-33(23-9-6-8-22(29)16-23)38(36,37)24-13-11-21(28)12-14-24/h4-14,16,19H,3,15,17-18H2,1-2H3,(H,31,35)/t19-/m0/s1. The van der Waals surface area contributed by atoms with Gasteiger partial charge in [-0.05, 0) is 67.4 Å². The highest BCUT2D eigenvalue weighted by molar-refractivity contribution is 7.92. The fraction of sp³-hybridized carbons (Fsp3) is 0.259. The normalized spacial score (nSPS) is 12.0. The first-order valence-corrected chi connectivity index (χ1v) is 14.5. The van der Waals surface area contributed by atoms with Crippen LogP contribution >= 0.6 is 34.8 Å². The van der Waals surface area contributed by atoms with Crippen LogP contribution in [0.25, 0.3) is 0 Å². The molecule has 0 saturated heterocycles. The molecule has 0 aliphatic heterocycles. The summed E-state index contributed by atoms with van der Waals surface area (Å²) in [5.74, 6) is -0.955. The number of hydrogen-bond acceptors (Lipinski definition) is 4. The van der Waals surface area contributed by atoms with Crippen molar-refractivity contribution in [2.75, 3.05) is 17.4 Å². The second kappa shape index (κ2) is 13.3. The lowest BCUT2D eigenvalue weighted by Gasteiger charge is -2.32. The lowest BCUT2D eigenvalue weighted by Crippen LogP contribution is -2.51. The van der Waals surface area contributed by atoms with Gasteiger partial charge in [-0.3, -0.25) is 13.9 Å². The SMILES string of the molecule is CCCNC(=O)[C@H](C)N(Cc1ccccc1Cl)C(=O)CN(c1cccc(Cl)c1)S(=O)(=O)c1ccc(Cl)cc1. The van der Waals surface area contributed by atoms with E-state index in [1.807, 2.05) is 6.92 Å². The van der Waals surface area contributed by atoms with Crippen molar-refractivity contribution in [2.24, 2.45) is 0 Å². The lowest BCUT2D eigenvalue weighted by atomic mass is 10.1. The highest BCUT2D eigenvalue weighted by Crippen LogP contribution is 2.28. The Balaban J connectivity index is 2.03. The summed E-state index contributed by atoms with van der Waals surface area (Å²) in [5, 5.41) is 3.88. The van der Waals surface area contributed by atoms with E-state index in [0.29, 0.717) is 27.2 Å². The number of rotatable bonds is 11. The van der Waals surface area contributed by atoms with Crippen LogP contribution in [-0.4, -0.2) is 44.3 Å². The van der Waals surface area contributed by atoms with Crippen LogP contribution in [-0.2, 0) is 26.2 Å². The molecular weight excluding hydrogens is 569 g/mol. The number of carbonyl (C=O) groups is 2. The van der Waals surface area contributed by atoms with Crippen molar-refractivity contribution in [1.29, 1.82) is 0 Å². The van der Waals surface area contributed by atoms with Crippen LogP contribution in [0.1, 0.15) is 25.8 Å². The van der Waals surface area contributed by atoms with E-state index in [1.54, 1.807) is 49.4 Å². The third kappa shape index (κ3) is 7.41. The minimum absolute atomic E-state index is 0.00357. The number of sulfonamides is 1. The van der Waals surface area contributed by atoms with E-state index >= 15 is 0 Å². The number of amides is 2. The molecule has 11 heteroatoms. The molecule has 0 heterocycles. The maximum atomic E-state index is 13.8. The second-order valence-electron chi connectivity index (χ2n) is 8.53. The number of carbonyl (C=O) groups excluding carboxylic acids is 2. The minimum Gasteiger partial charge on any atom is -0.354 e. The van der Waals surface area contributed by atoms with Crippen LogP contribution in [0.2, 0.25) is 15.1 Å². The predicted molar refractivity (Wildman–Crippen MR) is 152 cm³/mol. The highest BCUT2D eigenvalue weighted by Gasteiger charge is 2.32. The predicted octanol–water partition coefficient (Wildman–Crippen LogP) is 5.79. The van der Waals surface area contributed by atoms with E-state index in [2.05, 4.69) is 5.32 Å². The van der Waals surface area contributed by atoms with Crippen molar-refractivity contribution in [3.8, 4) is 0 Å². The molecule has 202 valence electrons. The molecule has 1 atom stereocenters. The monoisotopic (exact) mass is 595 g/mol. The number of anilines is 1. The smallest absolute Gasteiger partial charge is 0.264 e. The Morgan fingerprint density at radius 1 is 0.921 bits per heavy atom. The zero-order chi connectivity index (χ0) is 27.9. The molecule has 3 aromatic rings. The van der Waals surface area contributed by atoms with Crippen molar-refractivity contribution in [3.63, 3.8) is 0 Å². The van der Waals surface area contributed by atoms with Crippen LogP contribution in [0.3, 0.4) is 0 Å². The third-order valence-corrected chi connectivity index (χ3v) is 8.44. The van der Waals surface area contributed by atoms with Gasteiger partial charge in [-0.2, -0.15) is 0 Å². The van der Waals surface area contributed by atoms with E-state index in [-0.39, 0.29) is 23.0 Å². The first kappa shape index (κ1) is 29.8. The maximum absolute atomic E-state index is 13.8. The summed E-state index contributed by atoms with van der Waals surface area (Å²) in [5.41, 5.74) is 0.814. The number of benzene rings is 3. The summed E-state index contributed by atoms with van der Waals surface area (Å²) >= 11 is 18.5. The number of nitrogens with zero attached hydrogens (tertiary/aromatic N) is 2. The van der Waals surface area contributed by atoms with Crippen molar-refractivity contribution in [2.45, 2.75) is 37.8 Å². The molecule has 0 bridgehead atoms. The molecule has 0 unspecified atom stereocenters. The molecule has 2 amide bonds. The van der Waals surface area contributed by atoms with Gasteiger partial charge in [0.2, 0.25) is 11.8 Å². The number of nitrogens with one attached hydrogen (secondary N) is 1. The molecule has 1 N–H and O–H groups in total. The van der Waals surface area contributed by atoms with Crippen LogP contribution in [0.5, 0.6) is 0 Å². The molecule has 0 saturated carbocycles. The van der Waals surface area contributed by atoms with Gasteiger partial charge in [0.05, 0.1) is 10.6 Å². The molecule has 3 aromatic carbocycles. The Kier molecular flexibility index (Phi) is 10.4. The molecule has 0 spiro atoms. The van der Waals surface area contributed by atoms with Gasteiger partial charge in [0, 0.05) is 28.2 Å². The van der Waals surface area contributed by atoms with E-state index in [1.165, 1.54) is 35.2 Å². The van der Waals surface area contributed by atoms with Crippen molar-refractivity contribution in [1.82, 2.24) is 10.2 Å². The van der Waals surface area contributed by atoms with Gasteiger partial charge < -0.3 is 10.2 Å². The van der Waals surface area contributed by atoms with Crippen LogP contribution in [0, 0.1) is 0 Å². The van der Waals surface area contributed by atoms with E-state index in [4.69, 9.17) is 34.8 Å². The Labute approximate surface area is 238 Å². The van der Waals surface area contributed by atoms with Gasteiger partial charge in [0.1, 0.15) is 12.6 Å². The summed E-state index contributed by atoms with van der Waals surface area (Å²) in [7, 11) is -4.22. The van der Waals surface area contributed by atoms with Crippen molar-refractivity contribution < 1.29 is 18.0 Å². The van der Waals surface area contributed by atoms with Gasteiger partial charge in [0.25, 0.3) is 10.0 Å². The van der Waals surface area contributed by atoms with Crippen LogP contribution < -0.4 is 9.62 Å². The average Bonchev–Trinajstić information content (AvgIpc) is 2.89. The van der Waals surface area contributed by atoms with E-state index < -0.39 is 28.5 Å². The lowest BCUT2D eigenvalue weighted by molar-refractivity contribution is -0.139. The van der Waals surface area contributed by atoms with Gasteiger partial charge in [-0.15, -0.1) is 0 Å². The molecular formula is C27H28Cl3N3O4S. The second-order valence-corrected chi connectivity index (χ2v) is 11.7. The molecule has 0 radical (unpaired) electrons. The highest BCUT2D eigenvalue weighted by atomic mass is 35.5. The summed E-state index contributed by atoms with van der Waals surface area (Å²) in [6.07, 6.45) is 0.721. The molecule has 0 fully saturated rings. The average molecular weight is 597 g/mol. The Bertz CT molecular complexity index is 1380. The molecule has 7 nitrogen and oxygen atoms in total. The quantitative estimate of drug-likeness (QED) is 0.304. The summed E-state index contributed by atoms with van der Waals surface area (Å²) in [6.45, 7) is 3.38. The Morgan fingerprint density at radius 2 is 1.61 bits per heavy atom. The minimum atomic E-state index is -4.22. The fourth-order valence-electron chi connectivity index (χ4n) is 3.68. The maximum Gasteiger partial charge on any atom is 0.264 e. The van der Waals surface area contributed by atoms with Gasteiger partial charge >= 0.3 is 0 Å². The first-order valence-electron chi connectivity index (χ1n) is 11.9. The Morgan fingerprint density at radius 3 is 2.24 bits per heavy atom. The largest absolute Gasteiger partial charge is 0.354 e. The van der Waals surface area contributed by atoms with Gasteiger partial charge in [0.15, 0.2) is 0 Å². The third-order valence-electron chi connectivity index (χ3n) is 5.79. The summed E-state index contributed by atoms with van der Waals surface area (Å²) < 4.78 is 28.5. The molecule has 0 aliphatic rings. The Hall–Kier alpha value is -2.78. The molecule has 3 rings (SSSR count). The van der Waals surface area contributed by atoms with Gasteiger partial charge in [-0.25, -0.2) is 8.42 Å². The molecule has 0 aromatic heterocycles. The summed E-state index contributed by atoms with van der Waals surface area (Å²) in [6, 6.07) is 17.9. The molecule has 0 aliphatic carbocycles. The van der Waals surface area contributed by atoms with E-state index in [9.17, 15) is 18.0 Å². The number of halogens is 3. The van der Waals surface area contributed by atoms with Crippen LogP contribution in [0.15, 0.2) is 77.7 Å². The fourth-order valence-corrected chi connectivity index (χ4v) is 5.59. The van der Waals surface area contributed by atoms with Gasteiger partial charge in [-0.1, -0.05) is 66.0 Å². The molecule has 38 heavy (non-hydrogen) atoms.